The second kappa shape index (κ2) is 9.29. The number of aliphatic imine (C=N–C) groups is 1. The maximum Gasteiger partial charge on any atom is 0.0548 e. The molecular weight excluding hydrogens is 232 g/mol. The minimum absolute atomic E-state index is 0.253. The van der Waals surface area contributed by atoms with Crippen molar-refractivity contribution in [2.45, 2.75) is 32.7 Å². The molecule has 2 nitrogen and oxygen atoms in total. The van der Waals surface area contributed by atoms with Crippen LogP contribution in [0, 0.1) is 0 Å². The normalized spacial score (nSPS) is 14.5. The van der Waals surface area contributed by atoms with Crippen molar-refractivity contribution in [1.29, 1.82) is 0 Å². The Morgan fingerprint density at radius 1 is 1.37 bits per heavy atom. The van der Waals surface area contributed by atoms with Crippen molar-refractivity contribution in [1.82, 2.24) is 0 Å². The third-order valence-corrected chi connectivity index (χ3v) is 2.86. The van der Waals surface area contributed by atoms with Crippen LogP contribution in [0.15, 0.2) is 65.2 Å². The summed E-state index contributed by atoms with van der Waals surface area (Å²) in [5.41, 5.74) is 10.3. The molecule has 0 aromatic carbocycles. The van der Waals surface area contributed by atoms with E-state index in [4.69, 9.17) is 5.73 Å². The molecule has 0 spiro atoms. The minimum Gasteiger partial charge on any atom is -0.320 e. The predicted octanol–water partition coefficient (Wildman–Crippen LogP) is 3.99. The van der Waals surface area contributed by atoms with Crippen LogP contribution in [0.4, 0.5) is 0 Å². The van der Waals surface area contributed by atoms with Crippen molar-refractivity contribution in [3.63, 3.8) is 0 Å². The Morgan fingerprint density at radius 2 is 2.00 bits per heavy atom. The third kappa shape index (κ3) is 5.66. The van der Waals surface area contributed by atoms with Crippen LogP contribution in [-0.2, 0) is 0 Å². The van der Waals surface area contributed by atoms with E-state index < -0.39 is 0 Å². The van der Waals surface area contributed by atoms with E-state index in [2.05, 4.69) is 31.7 Å². The van der Waals surface area contributed by atoms with Gasteiger partial charge in [-0.15, -0.1) is 0 Å². The van der Waals surface area contributed by atoms with Gasteiger partial charge < -0.3 is 5.73 Å². The van der Waals surface area contributed by atoms with Crippen molar-refractivity contribution < 1.29 is 0 Å². The molecule has 0 rings (SSSR count). The number of nitrogens with zero attached hydrogens (tertiary/aromatic N) is 1. The minimum atomic E-state index is -0.253. The second-order valence-electron chi connectivity index (χ2n) is 4.49. The molecule has 0 aromatic heterocycles. The van der Waals surface area contributed by atoms with Gasteiger partial charge in [-0.05, 0) is 36.1 Å². The highest BCUT2D eigenvalue weighted by Gasteiger charge is 2.13. The van der Waals surface area contributed by atoms with E-state index in [-0.39, 0.29) is 6.04 Å². The molecule has 19 heavy (non-hydrogen) atoms. The Labute approximate surface area is 117 Å². The van der Waals surface area contributed by atoms with E-state index in [1.807, 2.05) is 25.2 Å². The van der Waals surface area contributed by atoms with E-state index in [1.165, 1.54) is 5.57 Å². The molecule has 0 radical (unpaired) electrons. The summed E-state index contributed by atoms with van der Waals surface area (Å²) in [7, 11) is 1.72. The summed E-state index contributed by atoms with van der Waals surface area (Å²) < 4.78 is 0. The number of allylic oxidation sites excluding steroid dienone is 3. The Morgan fingerprint density at radius 3 is 2.42 bits per heavy atom. The van der Waals surface area contributed by atoms with Gasteiger partial charge in [0.1, 0.15) is 0 Å². The van der Waals surface area contributed by atoms with Crippen LogP contribution in [0.1, 0.15) is 26.7 Å². The average molecular weight is 258 g/mol. The Hall–Kier alpha value is -1.67. The van der Waals surface area contributed by atoms with Crippen molar-refractivity contribution in [3.05, 3.63) is 60.3 Å². The third-order valence-electron chi connectivity index (χ3n) is 2.86. The van der Waals surface area contributed by atoms with Gasteiger partial charge in [0.25, 0.3) is 0 Å². The molecule has 0 bridgehead atoms. The quantitative estimate of drug-likeness (QED) is 0.519. The maximum atomic E-state index is 6.26. The van der Waals surface area contributed by atoms with Gasteiger partial charge in [-0.3, -0.25) is 4.99 Å². The van der Waals surface area contributed by atoms with E-state index in [1.54, 1.807) is 13.3 Å². The van der Waals surface area contributed by atoms with Crippen LogP contribution < -0.4 is 5.73 Å². The monoisotopic (exact) mass is 258 g/mol. The van der Waals surface area contributed by atoms with E-state index in [0.717, 1.165) is 29.6 Å². The van der Waals surface area contributed by atoms with Gasteiger partial charge in [0.05, 0.1) is 6.04 Å². The van der Waals surface area contributed by atoms with Gasteiger partial charge in [-0.2, -0.15) is 0 Å². The first-order valence-corrected chi connectivity index (χ1v) is 6.54. The molecule has 0 amide bonds. The smallest absolute Gasteiger partial charge is 0.0548 e. The SMILES string of the molecule is C=C/C(=C(/CCC)C(=C)C)C(N)C(=C)/C=C\C=NC. The first kappa shape index (κ1) is 17.3. The summed E-state index contributed by atoms with van der Waals surface area (Å²) in [6.45, 7) is 16.1. The molecule has 0 aliphatic heterocycles. The van der Waals surface area contributed by atoms with Crippen LogP contribution in [0.5, 0.6) is 0 Å². The molecule has 0 aromatic rings. The highest BCUT2D eigenvalue weighted by atomic mass is 14.6. The molecule has 0 saturated carbocycles. The van der Waals surface area contributed by atoms with E-state index in [9.17, 15) is 0 Å². The summed E-state index contributed by atoms with van der Waals surface area (Å²) in [5.74, 6) is 0. The number of rotatable bonds is 8. The summed E-state index contributed by atoms with van der Waals surface area (Å²) in [6.07, 6.45) is 9.25. The van der Waals surface area contributed by atoms with Crippen LogP contribution in [0.25, 0.3) is 0 Å². The standard InChI is InChI=1S/C17H26N2/c1-7-10-16(13(3)4)15(8-2)17(18)14(5)11-9-12-19-6/h8-9,11-12,17H,2-3,5,7,10,18H2,1,4,6H3/b11-9-,16-15+,19-12?. The number of hydrogen-bond acceptors (Lipinski definition) is 2. The van der Waals surface area contributed by atoms with E-state index >= 15 is 0 Å². The summed E-state index contributed by atoms with van der Waals surface area (Å²) in [4.78, 5) is 3.88. The Balaban J connectivity index is 5.32. The maximum absolute atomic E-state index is 6.26. The highest BCUT2D eigenvalue weighted by Crippen LogP contribution is 2.24. The molecule has 0 aliphatic rings. The first-order chi connectivity index (χ1) is 8.99. The average Bonchev–Trinajstić information content (AvgIpc) is 2.38. The molecule has 0 heterocycles. The lowest BCUT2D eigenvalue weighted by Crippen LogP contribution is -2.24. The number of hydrogen-bond donors (Lipinski definition) is 1. The zero-order valence-corrected chi connectivity index (χ0v) is 12.4. The molecule has 2 N–H and O–H groups in total. The second-order valence-corrected chi connectivity index (χ2v) is 4.49. The lowest BCUT2D eigenvalue weighted by Gasteiger charge is -2.19. The van der Waals surface area contributed by atoms with Crippen molar-refractivity contribution in [3.8, 4) is 0 Å². The molecule has 104 valence electrons. The topological polar surface area (TPSA) is 38.4 Å². The molecule has 0 aliphatic carbocycles. The molecular formula is C17H26N2. The van der Waals surface area contributed by atoms with Gasteiger partial charge in [0.2, 0.25) is 0 Å². The molecule has 1 atom stereocenters. The lowest BCUT2D eigenvalue weighted by atomic mass is 9.90. The van der Waals surface area contributed by atoms with Gasteiger partial charge in [0, 0.05) is 13.3 Å². The summed E-state index contributed by atoms with van der Waals surface area (Å²) >= 11 is 0. The van der Waals surface area contributed by atoms with Crippen molar-refractivity contribution in [2.75, 3.05) is 7.05 Å². The van der Waals surface area contributed by atoms with Gasteiger partial charge in [-0.25, -0.2) is 0 Å². The van der Waals surface area contributed by atoms with Crippen molar-refractivity contribution in [2.24, 2.45) is 10.7 Å². The summed E-state index contributed by atoms with van der Waals surface area (Å²) in [6, 6.07) is -0.253. The van der Waals surface area contributed by atoms with Gasteiger partial charge in [-0.1, -0.05) is 50.8 Å². The van der Waals surface area contributed by atoms with Crippen LogP contribution in [0.2, 0.25) is 0 Å². The molecule has 0 fully saturated rings. The van der Waals surface area contributed by atoms with Gasteiger partial charge in [0.15, 0.2) is 0 Å². The zero-order chi connectivity index (χ0) is 14.8. The van der Waals surface area contributed by atoms with Crippen LogP contribution in [0.3, 0.4) is 0 Å². The lowest BCUT2D eigenvalue weighted by molar-refractivity contribution is 0.859. The van der Waals surface area contributed by atoms with Crippen LogP contribution >= 0.6 is 0 Å². The fourth-order valence-electron chi connectivity index (χ4n) is 1.85. The van der Waals surface area contributed by atoms with E-state index in [0.29, 0.717) is 0 Å². The van der Waals surface area contributed by atoms with Gasteiger partial charge >= 0.3 is 0 Å². The number of nitrogens with two attached hydrogens (primary N) is 1. The Bertz CT molecular complexity index is 423. The molecule has 0 saturated heterocycles. The van der Waals surface area contributed by atoms with Crippen molar-refractivity contribution >= 4 is 6.21 Å². The largest absolute Gasteiger partial charge is 0.320 e. The summed E-state index contributed by atoms with van der Waals surface area (Å²) in [5, 5.41) is 0. The highest BCUT2D eigenvalue weighted by molar-refractivity contribution is 5.71. The molecule has 2 heteroatoms. The first-order valence-electron chi connectivity index (χ1n) is 6.54. The zero-order valence-electron chi connectivity index (χ0n) is 12.4. The Kier molecular flexibility index (Phi) is 8.47. The fraction of sp³-hybridized carbons (Fsp3) is 0.353. The molecule has 1 unspecified atom stereocenters. The predicted molar refractivity (Wildman–Crippen MR) is 87.6 cm³/mol. The fourth-order valence-corrected chi connectivity index (χ4v) is 1.85. The van der Waals surface area contributed by atoms with Crippen LogP contribution in [-0.4, -0.2) is 19.3 Å².